The minimum atomic E-state index is -0.542. The molecular weight excluding hydrogens is 297 g/mol. The van der Waals surface area contributed by atoms with Crippen LogP contribution < -0.4 is 14.5 Å². The maximum atomic E-state index is 13.5. The highest BCUT2D eigenvalue weighted by molar-refractivity contribution is 5.47. The Morgan fingerprint density at radius 1 is 1.13 bits per heavy atom. The number of methoxy groups -OCH3 is 1. The van der Waals surface area contributed by atoms with Crippen molar-refractivity contribution in [1.82, 2.24) is 15.0 Å². The summed E-state index contributed by atoms with van der Waals surface area (Å²) >= 11 is 0. The Bertz CT molecular complexity index is 681. The van der Waals surface area contributed by atoms with Crippen molar-refractivity contribution in [1.29, 1.82) is 0 Å². The van der Waals surface area contributed by atoms with Crippen LogP contribution in [0, 0.1) is 12.7 Å². The molecule has 23 heavy (non-hydrogen) atoms. The van der Waals surface area contributed by atoms with Crippen molar-refractivity contribution < 1.29 is 9.13 Å². The van der Waals surface area contributed by atoms with Crippen LogP contribution in [-0.2, 0) is 0 Å². The van der Waals surface area contributed by atoms with E-state index in [1.54, 1.807) is 0 Å². The van der Waals surface area contributed by atoms with Crippen molar-refractivity contribution in [2.45, 2.75) is 13.3 Å². The van der Waals surface area contributed by atoms with E-state index in [4.69, 9.17) is 4.74 Å². The average Bonchev–Trinajstić information content (AvgIpc) is 2.81. The Labute approximate surface area is 134 Å². The van der Waals surface area contributed by atoms with Crippen LogP contribution in [-0.4, -0.2) is 48.2 Å². The van der Waals surface area contributed by atoms with E-state index in [0.29, 0.717) is 5.95 Å². The number of aryl methyl sites for hydroxylation is 1. The van der Waals surface area contributed by atoms with Gasteiger partial charge in [0.2, 0.25) is 11.8 Å². The number of pyridine rings is 1. The monoisotopic (exact) mass is 317 g/mol. The summed E-state index contributed by atoms with van der Waals surface area (Å²) in [5, 5.41) is 0. The van der Waals surface area contributed by atoms with Crippen molar-refractivity contribution in [3.05, 3.63) is 36.0 Å². The molecule has 0 bridgehead atoms. The number of halogens is 1. The third-order valence-corrected chi connectivity index (χ3v) is 3.92. The largest absolute Gasteiger partial charge is 0.479 e. The first-order valence-corrected chi connectivity index (χ1v) is 7.66. The van der Waals surface area contributed by atoms with E-state index in [1.165, 1.54) is 12.8 Å². The topological polar surface area (TPSA) is 54.4 Å². The number of anilines is 2. The van der Waals surface area contributed by atoms with Gasteiger partial charge in [-0.1, -0.05) is 0 Å². The molecule has 0 aromatic carbocycles. The molecule has 0 spiro atoms. The van der Waals surface area contributed by atoms with E-state index in [9.17, 15) is 4.39 Å². The zero-order chi connectivity index (χ0) is 16.2. The zero-order valence-electron chi connectivity index (χ0n) is 13.4. The van der Waals surface area contributed by atoms with Gasteiger partial charge in [0.15, 0.2) is 0 Å². The van der Waals surface area contributed by atoms with Crippen LogP contribution in [0.3, 0.4) is 0 Å². The number of nitrogens with zero attached hydrogens (tertiary/aromatic N) is 5. The van der Waals surface area contributed by atoms with E-state index in [-0.39, 0.29) is 5.88 Å². The molecule has 1 fully saturated rings. The number of hydrogen-bond acceptors (Lipinski definition) is 6. The average molecular weight is 317 g/mol. The predicted octanol–water partition coefficient (Wildman–Crippen LogP) is 2.04. The molecule has 3 heterocycles. The summed E-state index contributed by atoms with van der Waals surface area (Å²) in [6, 6.07) is 4.12. The van der Waals surface area contributed by atoms with E-state index in [0.717, 1.165) is 44.5 Å². The fraction of sp³-hybridized carbons (Fsp3) is 0.438. The standard InChI is InChI=1S/C16H20FN5O/c1-12-10-13(4-5-18-12)21-6-3-7-22(9-8-21)16-19-11-14(17)15(20-16)23-2/h4-5,10-11H,3,6-9H2,1-2H3. The van der Waals surface area contributed by atoms with Gasteiger partial charge in [-0.05, 0) is 25.5 Å². The second-order valence-corrected chi connectivity index (χ2v) is 5.51. The lowest BCUT2D eigenvalue weighted by atomic mass is 10.3. The summed E-state index contributed by atoms with van der Waals surface area (Å²) in [5.41, 5.74) is 2.19. The number of hydrogen-bond donors (Lipinski definition) is 0. The quantitative estimate of drug-likeness (QED) is 0.863. The Morgan fingerprint density at radius 3 is 2.70 bits per heavy atom. The molecule has 122 valence electrons. The van der Waals surface area contributed by atoms with Gasteiger partial charge in [0.25, 0.3) is 5.88 Å². The zero-order valence-corrected chi connectivity index (χ0v) is 13.4. The van der Waals surface area contributed by atoms with Gasteiger partial charge in [-0.15, -0.1) is 0 Å². The summed E-state index contributed by atoms with van der Waals surface area (Å²) in [6.07, 6.45) is 3.97. The first-order chi connectivity index (χ1) is 11.2. The fourth-order valence-corrected chi connectivity index (χ4v) is 2.74. The van der Waals surface area contributed by atoms with Crippen LogP contribution in [0.2, 0.25) is 0 Å². The highest BCUT2D eigenvalue weighted by atomic mass is 19.1. The molecule has 0 amide bonds. The first kappa shape index (κ1) is 15.5. The van der Waals surface area contributed by atoms with Crippen LogP contribution >= 0.6 is 0 Å². The lowest BCUT2D eigenvalue weighted by molar-refractivity contribution is 0.367. The molecular formula is C16H20FN5O. The van der Waals surface area contributed by atoms with Crippen LogP contribution in [0.5, 0.6) is 5.88 Å². The Kier molecular flexibility index (Phi) is 4.55. The van der Waals surface area contributed by atoms with Gasteiger partial charge in [0, 0.05) is 43.8 Å². The molecule has 0 radical (unpaired) electrons. The highest BCUT2D eigenvalue weighted by Crippen LogP contribution is 2.20. The van der Waals surface area contributed by atoms with Gasteiger partial charge in [0.05, 0.1) is 13.3 Å². The molecule has 3 rings (SSSR count). The van der Waals surface area contributed by atoms with Gasteiger partial charge in [-0.3, -0.25) is 4.98 Å². The van der Waals surface area contributed by atoms with Crippen molar-refractivity contribution in [2.24, 2.45) is 0 Å². The lowest BCUT2D eigenvalue weighted by Crippen LogP contribution is -2.31. The Morgan fingerprint density at radius 2 is 1.91 bits per heavy atom. The van der Waals surface area contributed by atoms with E-state index in [1.807, 2.05) is 19.2 Å². The Hall–Kier alpha value is -2.44. The summed E-state index contributed by atoms with van der Waals surface area (Å²) in [6.45, 7) is 5.41. The van der Waals surface area contributed by atoms with Crippen molar-refractivity contribution in [2.75, 3.05) is 43.1 Å². The van der Waals surface area contributed by atoms with Crippen LogP contribution in [0.1, 0.15) is 12.1 Å². The van der Waals surface area contributed by atoms with Gasteiger partial charge in [-0.2, -0.15) is 9.37 Å². The highest BCUT2D eigenvalue weighted by Gasteiger charge is 2.19. The molecule has 2 aromatic heterocycles. The number of ether oxygens (including phenoxy) is 1. The van der Waals surface area contributed by atoms with Gasteiger partial charge in [-0.25, -0.2) is 4.98 Å². The number of rotatable bonds is 3. The van der Waals surface area contributed by atoms with Crippen LogP contribution in [0.4, 0.5) is 16.0 Å². The fourth-order valence-electron chi connectivity index (χ4n) is 2.74. The van der Waals surface area contributed by atoms with Crippen molar-refractivity contribution >= 4 is 11.6 Å². The maximum absolute atomic E-state index is 13.5. The molecule has 0 N–H and O–H groups in total. The van der Waals surface area contributed by atoms with E-state index >= 15 is 0 Å². The molecule has 0 unspecified atom stereocenters. The summed E-state index contributed by atoms with van der Waals surface area (Å²) < 4.78 is 18.4. The van der Waals surface area contributed by atoms with Gasteiger partial charge >= 0.3 is 0 Å². The molecule has 0 saturated carbocycles. The van der Waals surface area contributed by atoms with Crippen LogP contribution in [0.15, 0.2) is 24.5 Å². The van der Waals surface area contributed by atoms with E-state index < -0.39 is 5.82 Å². The predicted molar refractivity (Wildman–Crippen MR) is 86.6 cm³/mol. The van der Waals surface area contributed by atoms with Crippen LogP contribution in [0.25, 0.3) is 0 Å². The smallest absolute Gasteiger partial charge is 0.255 e. The minimum absolute atomic E-state index is 0.0131. The molecule has 1 aliphatic rings. The summed E-state index contributed by atoms with van der Waals surface area (Å²) in [7, 11) is 1.41. The molecule has 6 nitrogen and oxygen atoms in total. The molecule has 0 atom stereocenters. The lowest BCUT2D eigenvalue weighted by Gasteiger charge is -2.24. The molecule has 1 saturated heterocycles. The second-order valence-electron chi connectivity index (χ2n) is 5.51. The Balaban J connectivity index is 1.73. The van der Waals surface area contributed by atoms with Crippen molar-refractivity contribution in [3.8, 4) is 5.88 Å². The molecule has 7 heteroatoms. The molecule has 1 aliphatic heterocycles. The van der Waals surface area contributed by atoms with Gasteiger partial charge < -0.3 is 14.5 Å². The second kappa shape index (κ2) is 6.76. The summed E-state index contributed by atoms with van der Waals surface area (Å²) in [5.74, 6) is -0.0446. The third kappa shape index (κ3) is 3.49. The first-order valence-electron chi connectivity index (χ1n) is 7.66. The van der Waals surface area contributed by atoms with Crippen molar-refractivity contribution in [3.63, 3.8) is 0 Å². The van der Waals surface area contributed by atoms with E-state index in [2.05, 4.69) is 30.8 Å². The molecule has 0 aliphatic carbocycles. The summed E-state index contributed by atoms with van der Waals surface area (Å²) in [4.78, 5) is 16.9. The minimum Gasteiger partial charge on any atom is -0.479 e. The maximum Gasteiger partial charge on any atom is 0.255 e. The third-order valence-electron chi connectivity index (χ3n) is 3.92. The number of aromatic nitrogens is 3. The SMILES string of the molecule is COc1nc(N2CCCN(c3ccnc(C)c3)CC2)ncc1F. The normalized spacial score (nSPS) is 15.4. The van der Waals surface area contributed by atoms with Gasteiger partial charge in [0.1, 0.15) is 0 Å². The molecule has 2 aromatic rings.